The molecule has 1 aliphatic heterocycles. The second kappa shape index (κ2) is 11.2. The highest BCUT2D eigenvalue weighted by Crippen LogP contribution is 2.23. The van der Waals surface area contributed by atoms with Crippen molar-refractivity contribution in [1.82, 2.24) is 24.7 Å². The Bertz CT molecular complexity index is 1040. The number of aromatic nitrogens is 2. The quantitative estimate of drug-likeness (QED) is 0.595. The number of rotatable bonds is 8. The summed E-state index contributed by atoms with van der Waals surface area (Å²) in [6, 6.07) is 6.85. The van der Waals surface area contributed by atoms with Crippen LogP contribution in [0.1, 0.15) is 32.6 Å². The minimum absolute atomic E-state index is 0.0791. The molecule has 2 heterocycles. The van der Waals surface area contributed by atoms with Crippen LogP contribution in [-0.2, 0) is 20.8 Å². The van der Waals surface area contributed by atoms with E-state index < -0.39 is 5.97 Å². The number of esters is 1. The predicted molar refractivity (Wildman–Crippen MR) is 124 cm³/mol. The molecule has 0 spiro atoms. The molecule has 1 N–H and O–H groups in total. The summed E-state index contributed by atoms with van der Waals surface area (Å²) in [5.74, 6) is 0.227. The van der Waals surface area contributed by atoms with Gasteiger partial charge in [-0.3, -0.25) is 19.1 Å². The number of hydrogen-bond donors (Lipinski definition) is 1. The zero-order chi connectivity index (χ0) is 24.0. The van der Waals surface area contributed by atoms with Gasteiger partial charge in [0, 0.05) is 32.8 Å². The molecule has 10 nitrogen and oxygen atoms in total. The molecular formula is C23H33N5O5. The summed E-state index contributed by atoms with van der Waals surface area (Å²) in [5, 5.41) is 3.21. The lowest BCUT2D eigenvalue weighted by Crippen LogP contribution is -2.57. The first-order chi connectivity index (χ1) is 15.9. The number of hydrogen-bond acceptors (Lipinski definition) is 7. The first kappa shape index (κ1) is 24.7. The molecule has 0 radical (unpaired) electrons. The molecule has 2 atom stereocenters. The number of urea groups is 1. The number of amides is 2. The number of fused-ring (bicyclic) bond motifs is 1. The number of ether oxygens (including phenoxy) is 2. The number of nitrogens with one attached hydrogen (secondary N) is 1. The van der Waals surface area contributed by atoms with Crippen molar-refractivity contribution in [1.29, 1.82) is 0 Å². The van der Waals surface area contributed by atoms with Gasteiger partial charge in [-0.1, -0.05) is 12.1 Å². The fourth-order valence-electron chi connectivity index (χ4n) is 4.17. The zero-order valence-electron chi connectivity index (χ0n) is 19.7. The Labute approximate surface area is 193 Å². The van der Waals surface area contributed by atoms with Crippen molar-refractivity contribution in [2.24, 2.45) is 0 Å². The molecule has 0 saturated carbocycles. The van der Waals surface area contributed by atoms with Gasteiger partial charge >= 0.3 is 12.0 Å². The molecule has 2 unspecified atom stereocenters. The van der Waals surface area contributed by atoms with Gasteiger partial charge in [-0.15, -0.1) is 0 Å². The van der Waals surface area contributed by atoms with E-state index in [1.807, 2.05) is 32.0 Å². The Morgan fingerprint density at radius 1 is 1.27 bits per heavy atom. The van der Waals surface area contributed by atoms with E-state index in [1.165, 1.54) is 0 Å². The highest BCUT2D eigenvalue weighted by atomic mass is 16.5. The van der Waals surface area contributed by atoms with Gasteiger partial charge in [-0.2, -0.15) is 0 Å². The van der Waals surface area contributed by atoms with E-state index >= 15 is 0 Å². The maximum absolute atomic E-state index is 13.2. The third-order valence-corrected chi connectivity index (χ3v) is 5.94. The fraction of sp³-hybridized carbons (Fsp3) is 0.565. The van der Waals surface area contributed by atoms with E-state index in [9.17, 15) is 14.4 Å². The molecule has 2 aromatic rings. The summed E-state index contributed by atoms with van der Waals surface area (Å²) in [6.07, 6.45) is 0. The lowest BCUT2D eigenvalue weighted by Gasteiger charge is -2.42. The van der Waals surface area contributed by atoms with E-state index in [1.54, 1.807) is 29.6 Å². The number of methoxy groups -OCH3 is 1. The SMILES string of the molecule is CCOC(=O)CNC(=O)N1CCN(C(C)c2nc3ccccc3c(=O)n2CCOC)CC1C. The van der Waals surface area contributed by atoms with Crippen LogP contribution in [0.3, 0.4) is 0 Å². The van der Waals surface area contributed by atoms with Crippen molar-refractivity contribution in [3.8, 4) is 0 Å². The molecule has 1 fully saturated rings. The minimum Gasteiger partial charge on any atom is -0.465 e. The topological polar surface area (TPSA) is 106 Å². The summed E-state index contributed by atoms with van der Waals surface area (Å²) in [7, 11) is 1.61. The Kier molecular flexibility index (Phi) is 8.40. The molecule has 33 heavy (non-hydrogen) atoms. The molecule has 10 heteroatoms. The molecule has 180 valence electrons. The van der Waals surface area contributed by atoms with E-state index in [0.717, 1.165) is 0 Å². The third kappa shape index (κ3) is 5.69. The van der Waals surface area contributed by atoms with Gasteiger partial charge < -0.3 is 19.7 Å². The number of carbonyl (C=O) groups excluding carboxylic acids is 2. The van der Waals surface area contributed by atoms with E-state index in [0.29, 0.717) is 49.5 Å². The molecule has 1 aromatic heterocycles. The number of benzene rings is 1. The molecule has 1 aromatic carbocycles. The van der Waals surface area contributed by atoms with Crippen molar-refractivity contribution in [3.63, 3.8) is 0 Å². The fourth-order valence-corrected chi connectivity index (χ4v) is 4.17. The van der Waals surface area contributed by atoms with Crippen molar-refractivity contribution in [2.45, 2.75) is 39.4 Å². The Balaban J connectivity index is 1.75. The maximum atomic E-state index is 13.2. The van der Waals surface area contributed by atoms with Crippen molar-refractivity contribution >= 4 is 22.9 Å². The molecule has 1 saturated heterocycles. The van der Waals surface area contributed by atoms with Gasteiger partial charge in [-0.05, 0) is 32.9 Å². The van der Waals surface area contributed by atoms with E-state index in [-0.39, 0.29) is 36.8 Å². The van der Waals surface area contributed by atoms with Gasteiger partial charge in [0.15, 0.2) is 0 Å². The molecule has 0 aliphatic carbocycles. The van der Waals surface area contributed by atoms with Crippen LogP contribution in [0.15, 0.2) is 29.1 Å². The second-order valence-corrected chi connectivity index (χ2v) is 8.11. The highest BCUT2D eigenvalue weighted by molar-refractivity contribution is 5.81. The minimum atomic E-state index is -0.456. The molecule has 2 amide bonds. The Morgan fingerprint density at radius 3 is 2.73 bits per heavy atom. The normalized spacial score (nSPS) is 17.7. The summed E-state index contributed by atoms with van der Waals surface area (Å²) in [4.78, 5) is 46.0. The van der Waals surface area contributed by atoms with Crippen LogP contribution in [0.5, 0.6) is 0 Å². The van der Waals surface area contributed by atoms with Gasteiger partial charge in [0.05, 0.1) is 36.7 Å². The number of piperazine rings is 1. The van der Waals surface area contributed by atoms with Crippen LogP contribution in [0.25, 0.3) is 10.9 Å². The zero-order valence-corrected chi connectivity index (χ0v) is 19.7. The Hall–Kier alpha value is -2.98. The average molecular weight is 460 g/mol. The van der Waals surface area contributed by atoms with Gasteiger partial charge in [-0.25, -0.2) is 9.78 Å². The maximum Gasteiger partial charge on any atom is 0.325 e. The predicted octanol–water partition coefficient (Wildman–Crippen LogP) is 1.38. The monoisotopic (exact) mass is 459 g/mol. The largest absolute Gasteiger partial charge is 0.465 e. The van der Waals surface area contributed by atoms with Crippen LogP contribution in [0.2, 0.25) is 0 Å². The molecule has 3 rings (SSSR count). The van der Waals surface area contributed by atoms with E-state index in [4.69, 9.17) is 14.5 Å². The van der Waals surface area contributed by atoms with Gasteiger partial charge in [0.2, 0.25) is 0 Å². The number of carbonyl (C=O) groups is 2. The van der Waals surface area contributed by atoms with Crippen LogP contribution < -0.4 is 10.9 Å². The van der Waals surface area contributed by atoms with Crippen molar-refractivity contribution < 1.29 is 19.1 Å². The van der Waals surface area contributed by atoms with Crippen molar-refractivity contribution in [2.75, 3.05) is 46.5 Å². The van der Waals surface area contributed by atoms with E-state index in [2.05, 4.69) is 10.2 Å². The van der Waals surface area contributed by atoms with Gasteiger partial charge in [0.25, 0.3) is 5.56 Å². The molecule has 1 aliphatic rings. The summed E-state index contributed by atoms with van der Waals surface area (Å²) < 4.78 is 11.8. The first-order valence-corrected chi connectivity index (χ1v) is 11.3. The summed E-state index contributed by atoms with van der Waals surface area (Å²) in [6.45, 7) is 8.40. The van der Waals surface area contributed by atoms with Crippen LogP contribution in [-0.4, -0.2) is 83.9 Å². The summed E-state index contributed by atoms with van der Waals surface area (Å²) >= 11 is 0. The molecule has 0 bridgehead atoms. The lowest BCUT2D eigenvalue weighted by atomic mass is 10.1. The van der Waals surface area contributed by atoms with Crippen LogP contribution in [0.4, 0.5) is 4.79 Å². The number of para-hydroxylation sites is 1. The van der Waals surface area contributed by atoms with Crippen molar-refractivity contribution in [3.05, 3.63) is 40.4 Å². The molecular weight excluding hydrogens is 426 g/mol. The van der Waals surface area contributed by atoms with Crippen LogP contribution in [0, 0.1) is 0 Å². The number of nitrogens with zero attached hydrogens (tertiary/aromatic N) is 4. The third-order valence-electron chi connectivity index (χ3n) is 5.94. The lowest BCUT2D eigenvalue weighted by molar-refractivity contribution is -0.141. The first-order valence-electron chi connectivity index (χ1n) is 11.3. The average Bonchev–Trinajstić information content (AvgIpc) is 2.81. The smallest absolute Gasteiger partial charge is 0.325 e. The summed E-state index contributed by atoms with van der Waals surface area (Å²) in [5.41, 5.74) is 0.590. The standard InChI is InChI=1S/C23H33N5O5/c1-5-33-20(29)14-24-23(31)27-11-10-26(15-16(27)2)17(3)21-25-19-9-7-6-8-18(19)22(30)28(21)12-13-32-4/h6-9,16-17H,5,10-15H2,1-4H3,(H,24,31). The Morgan fingerprint density at radius 2 is 2.03 bits per heavy atom. The van der Waals surface area contributed by atoms with Gasteiger partial charge in [0.1, 0.15) is 12.4 Å². The second-order valence-electron chi connectivity index (χ2n) is 8.11. The highest BCUT2D eigenvalue weighted by Gasteiger charge is 2.32. The van der Waals surface area contributed by atoms with Crippen LogP contribution >= 0.6 is 0 Å².